The molecule has 0 fully saturated rings. The average Bonchev–Trinajstić information content (AvgIpc) is 2.52. The van der Waals surface area contributed by atoms with Gasteiger partial charge in [-0.15, -0.1) is 0 Å². The van der Waals surface area contributed by atoms with Gasteiger partial charge >= 0.3 is 0 Å². The molecule has 126 valence electrons. The highest BCUT2D eigenvalue weighted by atomic mass is 79.9. The third kappa shape index (κ3) is 4.20. The molecule has 0 aliphatic rings. The van der Waals surface area contributed by atoms with Gasteiger partial charge in [-0.05, 0) is 59.1 Å². The van der Waals surface area contributed by atoms with E-state index in [1.165, 1.54) is 24.1 Å². The number of hydrogen-bond acceptors (Lipinski definition) is 2. The average molecular weight is 393 g/mol. The van der Waals surface area contributed by atoms with E-state index in [1.54, 1.807) is 0 Å². The summed E-state index contributed by atoms with van der Waals surface area (Å²) in [5, 5.41) is 2.82. The first kappa shape index (κ1) is 18.1. The second-order valence-electron chi connectivity index (χ2n) is 5.60. The predicted molar refractivity (Wildman–Crippen MR) is 95.6 cm³/mol. The number of carbonyl (C=O) groups excluding carboxylic acids is 2. The topological polar surface area (TPSA) is 49.4 Å². The number of halogens is 2. The molecule has 0 aliphatic carbocycles. The molecule has 0 aliphatic heterocycles. The number of aryl methyl sites for hydroxylation is 2. The standard InChI is InChI=1S/C18H18BrFN2O2/c1-11-5-4-6-12(2)17(11)21-16(23)10-22(3)18(24)14-9-13(20)7-8-15(14)19/h4-9H,10H2,1-3H3,(H,21,23). The highest BCUT2D eigenvalue weighted by Gasteiger charge is 2.18. The van der Waals surface area contributed by atoms with Gasteiger partial charge in [-0.3, -0.25) is 9.59 Å². The molecule has 0 saturated heterocycles. The Hall–Kier alpha value is -2.21. The van der Waals surface area contributed by atoms with Gasteiger partial charge in [-0.25, -0.2) is 4.39 Å². The van der Waals surface area contributed by atoms with Gasteiger partial charge in [0.1, 0.15) is 5.82 Å². The van der Waals surface area contributed by atoms with Gasteiger partial charge in [0, 0.05) is 17.2 Å². The smallest absolute Gasteiger partial charge is 0.255 e. The van der Waals surface area contributed by atoms with Crippen molar-refractivity contribution in [2.45, 2.75) is 13.8 Å². The lowest BCUT2D eigenvalue weighted by molar-refractivity contribution is -0.116. The molecule has 0 aromatic heterocycles. The van der Waals surface area contributed by atoms with E-state index < -0.39 is 11.7 Å². The molecule has 0 spiro atoms. The van der Waals surface area contributed by atoms with E-state index in [-0.39, 0.29) is 18.0 Å². The molecule has 0 saturated carbocycles. The van der Waals surface area contributed by atoms with Crippen LogP contribution in [0.3, 0.4) is 0 Å². The van der Waals surface area contributed by atoms with Crippen LogP contribution in [0.5, 0.6) is 0 Å². The summed E-state index contributed by atoms with van der Waals surface area (Å²) in [5.74, 6) is -1.25. The molecule has 2 aromatic rings. The Morgan fingerprint density at radius 1 is 1.17 bits per heavy atom. The number of anilines is 1. The Labute approximate surface area is 148 Å². The number of nitrogens with one attached hydrogen (secondary N) is 1. The quantitative estimate of drug-likeness (QED) is 0.856. The molecule has 24 heavy (non-hydrogen) atoms. The lowest BCUT2D eigenvalue weighted by Crippen LogP contribution is -2.35. The molecular formula is C18H18BrFN2O2. The number of benzene rings is 2. The normalized spacial score (nSPS) is 10.4. The van der Waals surface area contributed by atoms with Gasteiger partial charge in [0.15, 0.2) is 0 Å². The second-order valence-corrected chi connectivity index (χ2v) is 6.45. The number of amides is 2. The Morgan fingerprint density at radius 2 is 1.79 bits per heavy atom. The Bertz CT molecular complexity index is 772. The first-order valence-electron chi connectivity index (χ1n) is 7.36. The fraction of sp³-hybridized carbons (Fsp3) is 0.222. The van der Waals surface area contributed by atoms with Crippen LogP contribution < -0.4 is 5.32 Å². The van der Waals surface area contributed by atoms with Crippen LogP contribution in [0.4, 0.5) is 10.1 Å². The van der Waals surface area contributed by atoms with Crippen LogP contribution in [0.15, 0.2) is 40.9 Å². The summed E-state index contributed by atoms with van der Waals surface area (Å²) in [6.07, 6.45) is 0. The fourth-order valence-corrected chi connectivity index (χ4v) is 2.76. The molecule has 2 rings (SSSR count). The van der Waals surface area contributed by atoms with E-state index in [9.17, 15) is 14.0 Å². The second kappa shape index (κ2) is 7.57. The van der Waals surface area contributed by atoms with Crippen molar-refractivity contribution >= 4 is 33.4 Å². The summed E-state index contributed by atoms with van der Waals surface area (Å²) in [5.41, 5.74) is 2.82. The summed E-state index contributed by atoms with van der Waals surface area (Å²) >= 11 is 3.22. The lowest BCUT2D eigenvalue weighted by atomic mass is 10.1. The number of hydrogen-bond donors (Lipinski definition) is 1. The van der Waals surface area contributed by atoms with Crippen LogP contribution in [0.1, 0.15) is 21.5 Å². The number of likely N-dealkylation sites (N-methyl/N-ethyl adjacent to an activating group) is 1. The van der Waals surface area contributed by atoms with E-state index in [4.69, 9.17) is 0 Å². The summed E-state index contributed by atoms with van der Waals surface area (Å²) in [7, 11) is 1.50. The Kier molecular flexibility index (Phi) is 5.72. The van der Waals surface area contributed by atoms with Crippen molar-refractivity contribution in [3.63, 3.8) is 0 Å². The number of rotatable bonds is 4. The molecule has 4 nitrogen and oxygen atoms in total. The number of para-hydroxylation sites is 1. The molecule has 6 heteroatoms. The SMILES string of the molecule is Cc1cccc(C)c1NC(=O)CN(C)C(=O)c1cc(F)ccc1Br. The van der Waals surface area contributed by atoms with Crippen molar-refractivity contribution in [3.05, 3.63) is 63.4 Å². The first-order chi connectivity index (χ1) is 11.3. The monoisotopic (exact) mass is 392 g/mol. The van der Waals surface area contributed by atoms with E-state index in [2.05, 4.69) is 21.2 Å². The predicted octanol–water partition coefficient (Wildman–Crippen LogP) is 3.92. The minimum atomic E-state index is -0.505. The van der Waals surface area contributed by atoms with E-state index in [0.717, 1.165) is 22.9 Å². The van der Waals surface area contributed by atoms with Gasteiger partial charge < -0.3 is 10.2 Å². The molecule has 0 unspecified atom stereocenters. The van der Waals surface area contributed by atoms with Gasteiger partial charge in [0.05, 0.1) is 12.1 Å². The summed E-state index contributed by atoms with van der Waals surface area (Å²) in [4.78, 5) is 25.9. The molecule has 0 heterocycles. The minimum absolute atomic E-state index is 0.129. The zero-order chi connectivity index (χ0) is 17.9. The Morgan fingerprint density at radius 3 is 2.42 bits per heavy atom. The zero-order valence-corrected chi connectivity index (χ0v) is 15.3. The molecule has 0 radical (unpaired) electrons. The zero-order valence-electron chi connectivity index (χ0n) is 13.7. The highest BCUT2D eigenvalue weighted by Crippen LogP contribution is 2.21. The van der Waals surface area contributed by atoms with Gasteiger partial charge in [-0.2, -0.15) is 0 Å². The fourth-order valence-electron chi connectivity index (χ4n) is 2.34. The van der Waals surface area contributed by atoms with Crippen LogP contribution in [0.2, 0.25) is 0 Å². The van der Waals surface area contributed by atoms with E-state index in [1.807, 2.05) is 32.0 Å². The van der Waals surface area contributed by atoms with Crippen molar-refractivity contribution in [1.82, 2.24) is 4.90 Å². The van der Waals surface area contributed by atoms with Crippen LogP contribution in [0, 0.1) is 19.7 Å². The largest absolute Gasteiger partial charge is 0.332 e. The first-order valence-corrected chi connectivity index (χ1v) is 8.15. The van der Waals surface area contributed by atoms with Crippen molar-refractivity contribution in [3.8, 4) is 0 Å². The van der Waals surface area contributed by atoms with Gasteiger partial charge in [0.2, 0.25) is 5.91 Å². The lowest BCUT2D eigenvalue weighted by Gasteiger charge is -2.19. The van der Waals surface area contributed by atoms with Crippen LogP contribution in [-0.4, -0.2) is 30.3 Å². The molecule has 0 bridgehead atoms. The summed E-state index contributed by atoms with van der Waals surface area (Å²) in [6, 6.07) is 9.59. The maximum atomic E-state index is 13.3. The third-order valence-electron chi connectivity index (χ3n) is 3.63. The van der Waals surface area contributed by atoms with Crippen molar-refractivity contribution in [2.75, 3.05) is 18.9 Å². The molecule has 1 N–H and O–H groups in total. The van der Waals surface area contributed by atoms with Gasteiger partial charge in [0.25, 0.3) is 5.91 Å². The maximum Gasteiger partial charge on any atom is 0.255 e. The van der Waals surface area contributed by atoms with Crippen LogP contribution in [-0.2, 0) is 4.79 Å². The van der Waals surface area contributed by atoms with E-state index in [0.29, 0.717) is 4.47 Å². The minimum Gasteiger partial charge on any atom is -0.332 e. The molecule has 2 aromatic carbocycles. The van der Waals surface area contributed by atoms with E-state index >= 15 is 0 Å². The van der Waals surface area contributed by atoms with Crippen molar-refractivity contribution in [1.29, 1.82) is 0 Å². The molecular weight excluding hydrogens is 375 g/mol. The van der Waals surface area contributed by atoms with Crippen LogP contribution in [0.25, 0.3) is 0 Å². The maximum absolute atomic E-state index is 13.3. The number of carbonyl (C=O) groups is 2. The van der Waals surface area contributed by atoms with Crippen molar-refractivity contribution < 1.29 is 14.0 Å². The van der Waals surface area contributed by atoms with Crippen molar-refractivity contribution in [2.24, 2.45) is 0 Å². The summed E-state index contributed by atoms with van der Waals surface area (Å²) in [6.45, 7) is 3.68. The third-order valence-corrected chi connectivity index (χ3v) is 4.32. The highest BCUT2D eigenvalue weighted by molar-refractivity contribution is 9.10. The number of nitrogens with zero attached hydrogens (tertiary/aromatic N) is 1. The van der Waals surface area contributed by atoms with Crippen LogP contribution >= 0.6 is 15.9 Å². The summed E-state index contributed by atoms with van der Waals surface area (Å²) < 4.78 is 13.8. The Balaban J connectivity index is 2.08. The molecule has 0 atom stereocenters. The van der Waals surface area contributed by atoms with Gasteiger partial charge in [-0.1, -0.05) is 18.2 Å². The molecule has 2 amide bonds.